The minimum atomic E-state index is -3.54. The van der Waals surface area contributed by atoms with E-state index in [-0.39, 0.29) is 18.9 Å². The van der Waals surface area contributed by atoms with Crippen molar-refractivity contribution in [2.45, 2.75) is 18.8 Å². The highest BCUT2D eigenvalue weighted by atomic mass is 32.2. The van der Waals surface area contributed by atoms with E-state index in [0.717, 1.165) is 5.39 Å². The Hall–Kier alpha value is -2.36. The summed E-state index contributed by atoms with van der Waals surface area (Å²) >= 11 is 0. The molecule has 0 aliphatic carbocycles. The lowest BCUT2D eigenvalue weighted by Gasteiger charge is -2.30. The van der Waals surface area contributed by atoms with Gasteiger partial charge in [0.05, 0.1) is 17.9 Å². The van der Waals surface area contributed by atoms with Gasteiger partial charge in [0.1, 0.15) is 6.10 Å². The van der Waals surface area contributed by atoms with E-state index in [2.05, 4.69) is 15.2 Å². The lowest BCUT2D eigenvalue weighted by molar-refractivity contribution is -0.0177. The smallest absolute Gasteiger partial charge is 0.246 e. The maximum absolute atomic E-state index is 13.0. The van der Waals surface area contributed by atoms with E-state index in [1.54, 1.807) is 19.2 Å². The maximum atomic E-state index is 13.0. The summed E-state index contributed by atoms with van der Waals surface area (Å²) in [5.74, 6) is 0.608. The van der Waals surface area contributed by atoms with Crippen LogP contribution in [0.1, 0.15) is 23.4 Å². The Balaban J connectivity index is 1.58. The van der Waals surface area contributed by atoms with Crippen LogP contribution in [0.3, 0.4) is 0 Å². The second kappa shape index (κ2) is 6.75. The summed E-state index contributed by atoms with van der Waals surface area (Å²) in [6.45, 7) is 2.41. The lowest BCUT2D eigenvalue weighted by atomic mass is 10.1. The molecule has 0 spiro atoms. The predicted molar refractivity (Wildman–Crippen MR) is 93.7 cm³/mol. The fraction of sp³-hybridized carbons (Fsp3) is 0.353. The molecule has 3 heterocycles. The number of para-hydroxylation sites is 1. The van der Waals surface area contributed by atoms with Gasteiger partial charge in [0, 0.05) is 31.6 Å². The average molecular weight is 374 g/mol. The number of fused-ring (bicyclic) bond motifs is 1. The average Bonchev–Trinajstić information content (AvgIpc) is 3.08. The first-order valence-electron chi connectivity index (χ1n) is 8.25. The molecule has 1 aliphatic heterocycles. The van der Waals surface area contributed by atoms with Crippen molar-refractivity contribution >= 4 is 20.9 Å². The fourth-order valence-corrected chi connectivity index (χ4v) is 4.57. The summed E-state index contributed by atoms with van der Waals surface area (Å²) in [6.07, 6.45) is 1.12. The van der Waals surface area contributed by atoms with E-state index < -0.39 is 16.1 Å². The number of benzene rings is 1. The molecule has 136 valence electrons. The van der Waals surface area contributed by atoms with Crippen LogP contribution in [0.25, 0.3) is 10.9 Å². The lowest BCUT2D eigenvalue weighted by Crippen LogP contribution is -2.42. The molecule has 1 aromatic carbocycles. The third-order valence-electron chi connectivity index (χ3n) is 4.29. The van der Waals surface area contributed by atoms with Crippen LogP contribution in [0.15, 0.2) is 40.9 Å². The Morgan fingerprint density at radius 1 is 1.23 bits per heavy atom. The van der Waals surface area contributed by atoms with Crippen LogP contribution in [0, 0.1) is 6.92 Å². The third kappa shape index (κ3) is 3.33. The van der Waals surface area contributed by atoms with Gasteiger partial charge in [-0.2, -0.15) is 4.31 Å². The number of rotatable bonds is 4. The molecule has 1 aliphatic rings. The van der Waals surface area contributed by atoms with Gasteiger partial charge in [0.2, 0.25) is 21.8 Å². The third-order valence-corrected chi connectivity index (χ3v) is 6.09. The molecule has 2 aromatic heterocycles. The molecular formula is C17H18N4O4S. The Morgan fingerprint density at radius 2 is 2.08 bits per heavy atom. The molecule has 26 heavy (non-hydrogen) atoms. The Kier molecular flexibility index (Phi) is 4.43. The number of hydrogen-bond donors (Lipinski definition) is 0. The molecule has 3 aromatic rings. The molecule has 9 heteroatoms. The summed E-state index contributed by atoms with van der Waals surface area (Å²) in [4.78, 5) is 4.33. The first kappa shape index (κ1) is 17.1. The highest BCUT2D eigenvalue weighted by molar-refractivity contribution is 7.88. The van der Waals surface area contributed by atoms with Crippen molar-refractivity contribution in [3.63, 3.8) is 0 Å². The van der Waals surface area contributed by atoms with Gasteiger partial charge in [-0.15, -0.1) is 10.2 Å². The summed E-state index contributed by atoms with van der Waals surface area (Å²) in [5.41, 5.74) is 1.38. The molecule has 1 fully saturated rings. The maximum Gasteiger partial charge on any atom is 0.246 e. The number of sulfonamides is 1. The van der Waals surface area contributed by atoms with Gasteiger partial charge in [0.15, 0.2) is 0 Å². The summed E-state index contributed by atoms with van der Waals surface area (Å²) < 4.78 is 38.3. The highest BCUT2D eigenvalue weighted by Gasteiger charge is 2.33. The summed E-state index contributed by atoms with van der Waals surface area (Å²) in [5, 5.41) is 8.63. The number of ether oxygens (including phenoxy) is 1. The molecule has 1 atom stereocenters. The number of aryl methyl sites for hydroxylation is 1. The van der Waals surface area contributed by atoms with Crippen molar-refractivity contribution in [1.82, 2.24) is 19.5 Å². The standard InChI is InChI=1S/C17H18N4O4S/c1-12-19-20-17(25-12)15-10-21(8-9-24-15)26(22,23)11-14-5-2-4-13-6-3-7-18-16(13)14/h2-7,15H,8-11H2,1H3. The van der Waals surface area contributed by atoms with Crippen LogP contribution in [0.2, 0.25) is 0 Å². The zero-order valence-electron chi connectivity index (χ0n) is 14.2. The van der Waals surface area contributed by atoms with Crippen molar-refractivity contribution in [1.29, 1.82) is 0 Å². The Bertz CT molecular complexity index is 1030. The van der Waals surface area contributed by atoms with Crippen LogP contribution < -0.4 is 0 Å². The second-order valence-corrected chi connectivity index (χ2v) is 8.09. The Labute approximate surface area is 150 Å². The normalized spacial score (nSPS) is 19.0. The van der Waals surface area contributed by atoms with Crippen molar-refractivity contribution in [3.8, 4) is 0 Å². The van der Waals surface area contributed by atoms with Gasteiger partial charge in [0.25, 0.3) is 0 Å². The van der Waals surface area contributed by atoms with Gasteiger partial charge >= 0.3 is 0 Å². The first-order chi connectivity index (χ1) is 12.5. The zero-order valence-corrected chi connectivity index (χ0v) is 15.0. The molecular weight excluding hydrogens is 356 g/mol. The molecule has 8 nitrogen and oxygen atoms in total. The van der Waals surface area contributed by atoms with Gasteiger partial charge in [-0.25, -0.2) is 8.42 Å². The summed E-state index contributed by atoms with van der Waals surface area (Å²) in [6, 6.07) is 9.31. The topological polar surface area (TPSA) is 98.4 Å². The van der Waals surface area contributed by atoms with E-state index >= 15 is 0 Å². The van der Waals surface area contributed by atoms with Gasteiger partial charge in [-0.3, -0.25) is 4.98 Å². The van der Waals surface area contributed by atoms with Crippen LogP contribution in [-0.4, -0.2) is 47.6 Å². The number of nitrogens with zero attached hydrogens (tertiary/aromatic N) is 4. The fourth-order valence-electron chi connectivity index (χ4n) is 3.04. The molecule has 0 saturated carbocycles. The van der Waals surface area contributed by atoms with Crippen molar-refractivity contribution < 1.29 is 17.6 Å². The van der Waals surface area contributed by atoms with E-state index in [9.17, 15) is 8.42 Å². The Morgan fingerprint density at radius 3 is 2.88 bits per heavy atom. The number of pyridine rings is 1. The van der Waals surface area contributed by atoms with Crippen LogP contribution in [0.5, 0.6) is 0 Å². The highest BCUT2D eigenvalue weighted by Crippen LogP contribution is 2.25. The minimum Gasteiger partial charge on any atom is -0.423 e. The molecule has 4 rings (SSSR count). The van der Waals surface area contributed by atoms with Crippen LogP contribution in [0.4, 0.5) is 0 Å². The predicted octanol–water partition coefficient (Wildman–Crippen LogP) is 1.83. The van der Waals surface area contributed by atoms with Crippen molar-refractivity contribution in [2.75, 3.05) is 19.7 Å². The zero-order chi connectivity index (χ0) is 18.1. The van der Waals surface area contributed by atoms with Crippen molar-refractivity contribution in [3.05, 3.63) is 53.9 Å². The van der Waals surface area contributed by atoms with Gasteiger partial charge < -0.3 is 9.15 Å². The van der Waals surface area contributed by atoms with Gasteiger partial charge in [-0.05, 0) is 11.6 Å². The monoisotopic (exact) mass is 374 g/mol. The van der Waals surface area contributed by atoms with Gasteiger partial charge in [-0.1, -0.05) is 24.3 Å². The van der Waals surface area contributed by atoms with Crippen LogP contribution in [-0.2, 0) is 20.5 Å². The largest absolute Gasteiger partial charge is 0.423 e. The number of morpholine rings is 1. The number of hydrogen-bond acceptors (Lipinski definition) is 7. The minimum absolute atomic E-state index is 0.114. The van der Waals surface area contributed by atoms with E-state index in [4.69, 9.17) is 9.15 Å². The summed E-state index contributed by atoms with van der Waals surface area (Å²) in [7, 11) is -3.54. The SMILES string of the molecule is Cc1nnc(C2CN(S(=O)(=O)Cc3cccc4cccnc34)CCO2)o1. The van der Waals surface area contributed by atoms with Crippen molar-refractivity contribution in [2.24, 2.45) is 0 Å². The second-order valence-electron chi connectivity index (χ2n) is 6.13. The molecule has 1 saturated heterocycles. The molecule has 0 bridgehead atoms. The quantitative estimate of drug-likeness (QED) is 0.687. The molecule has 0 radical (unpaired) electrons. The van der Waals surface area contributed by atoms with Crippen LogP contribution >= 0.6 is 0 Å². The molecule has 1 unspecified atom stereocenters. The number of aromatic nitrogens is 3. The van der Waals surface area contributed by atoms with E-state index in [1.807, 2.05) is 24.3 Å². The first-order valence-corrected chi connectivity index (χ1v) is 9.86. The van der Waals surface area contributed by atoms with E-state index in [1.165, 1.54) is 4.31 Å². The van der Waals surface area contributed by atoms with E-state index in [0.29, 0.717) is 29.4 Å². The molecule has 0 amide bonds. The molecule has 0 N–H and O–H groups in total.